The first kappa shape index (κ1) is 19.4. The Labute approximate surface area is 193 Å². The van der Waals surface area contributed by atoms with Gasteiger partial charge in [-0.2, -0.15) is 5.10 Å². The van der Waals surface area contributed by atoms with Gasteiger partial charge in [0.15, 0.2) is 0 Å². The average Bonchev–Trinajstić information content (AvgIpc) is 3.17. The van der Waals surface area contributed by atoms with E-state index in [1.54, 1.807) is 0 Å². The van der Waals surface area contributed by atoms with Crippen molar-refractivity contribution >= 4 is 21.5 Å². The summed E-state index contributed by atoms with van der Waals surface area (Å²) in [6, 6.07) is 32.0. The minimum atomic E-state index is 1.03. The minimum Gasteiger partial charge on any atom is -0.265 e. The summed E-state index contributed by atoms with van der Waals surface area (Å²) in [6.45, 7) is 4.28. The molecule has 3 nitrogen and oxygen atoms in total. The van der Waals surface area contributed by atoms with Gasteiger partial charge in [-0.15, -0.1) is 0 Å². The van der Waals surface area contributed by atoms with Crippen LogP contribution < -0.4 is 0 Å². The smallest absolute Gasteiger partial charge is 0.0679 e. The summed E-state index contributed by atoms with van der Waals surface area (Å²) in [5.74, 6) is 0. The fourth-order valence-electron chi connectivity index (χ4n) is 5.05. The molecule has 0 radical (unpaired) electrons. The van der Waals surface area contributed by atoms with Gasteiger partial charge in [0.1, 0.15) is 0 Å². The summed E-state index contributed by atoms with van der Waals surface area (Å²) in [4.78, 5) is 4.24. The van der Waals surface area contributed by atoms with Gasteiger partial charge in [-0.05, 0) is 70.8 Å². The van der Waals surface area contributed by atoms with E-state index in [2.05, 4.69) is 108 Å². The quantitative estimate of drug-likeness (QED) is 0.274. The van der Waals surface area contributed by atoms with E-state index in [0.29, 0.717) is 0 Å². The number of rotatable bonds is 3. The predicted molar refractivity (Wildman–Crippen MR) is 137 cm³/mol. The van der Waals surface area contributed by atoms with E-state index in [9.17, 15) is 0 Å². The number of hydrogen-bond acceptors (Lipinski definition) is 2. The molecule has 0 aliphatic heterocycles. The van der Waals surface area contributed by atoms with Crippen molar-refractivity contribution in [2.45, 2.75) is 13.8 Å². The molecule has 0 N–H and O–H groups in total. The monoisotopic (exact) mass is 425 g/mol. The maximum Gasteiger partial charge on any atom is 0.0679 e. The summed E-state index contributed by atoms with van der Waals surface area (Å²) in [7, 11) is 0. The lowest BCUT2D eigenvalue weighted by molar-refractivity contribution is 0.834. The fourth-order valence-corrected chi connectivity index (χ4v) is 5.05. The lowest BCUT2D eigenvalue weighted by Crippen LogP contribution is -1.98. The number of benzene rings is 4. The van der Waals surface area contributed by atoms with Crippen molar-refractivity contribution in [2.24, 2.45) is 0 Å². The first-order valence-corrected chi connectivity index (χ1v) is 11.2. The molecular weight excluding hydrogens is 402 g/mol. The summed E-state index contributed by atoms with van der Waals surface area (Å²) in [5, 5.41) is 9.91. The van der Waals surface area contributed by atoms with Gasteiger partial charge in [0.2, 0.25) is 0 Å². The Balaban J connectivity index is 1.76. The molecule has 6 rings (SSSR count). The number of aromatic nitrogens is 3. The number of aryl methyl sites for hydroxylation is 1. The Morgan fingerprint density at radius 2 is 1.06 bits per heavy atom. The van der Waals surface area contributed by atoms with Crippen molar-refractivity contribution in [2.75, 3.05) is 0 Å². The molecule has 2 aromatic heterocycles. The van der Waals surface area contributed by atoms with Gasteiger partial charge in [-0.3, -0.25) is 4.98 Å². The molecule has 0 spiro atoms. The van der Waals surface area contributed by atoms with Crippen molar-refractivity contribution < 1.29 is 0 Å². The van der Waals surface area contributed by atoms with Crippen molar-refractivity contribution in [3.05, 3.63) is 115 Å². The standard InChI is InChI=1S/C30H23N3/c1-20-28(21(2)33(32-20)23-10-4-3-5-11-23)30-26-14-8-6-12-24(26)29(22-16-18-31-19-17-22)25-13-7-9-15-27(25)30/h3-19H,1-2H3. The molecule has 4 aromatic carbocycles. The topological polar surface area (TPSA) is 30.7 Å². The lowest BCUT2D eigenvalue weighted by Gasteiger charge is -2.17. The van der Waals surface area contributed by atoms with E-state index in [0.717, 1.165) is 17.1 Å². The Bertz CT molecular complexity index is 1560. The highest BCUT2D eigenvalue weighted by Crippen LogP contribution is 2.45. The first-order chi connectivity index (χ1) is 16.2. The number of fused-ring (bicyclic) bond motifs is 2. The largest absolute Gasteiger partial charge is 0.265 e. The summed E-state index contributed by atoms with van der Waals surface area (Å²) < 4.78 is 2.06. The van der Waals surface area contributed by atoms with Crippen LogP contribution >= 0.6 is 0 Å². The van der Waals surface area contributed by atoms with Crippen LogP contribution in [-0.4, -0.2) is 14.8 Å². The van der Waals surface area contributed by atoms with Crippen molar-refractivity contribution in [1.82, 2.24) is 14.8 Å². The molecule has 0 amide bonds. The van der Waals surface area contributed by atoms with Gasteiger partial charge in [0.25, 0.3) is 0 Å². The third-order valence-electron chi connectivity index (χ3n) is 6.44. The predicted octanol–water partition coefficient (Wildman–Crippen LogP) is 7.52. The molecule has 0 atom stereocenters. The van der Waals surface area contributed by atoms with Gasteiger partial charge < -0.3 is 0 Å². The highest BCUT2D eigenvalue weighted by Gasteiger charge is 2.21. The molecule has 0 fully saturated rings. The van der Waals surface area contributed by atoms with E-state index in [-0.39, 0.29) is 0 Å². The van der Waals surface area contributed by atoms with Crippen LogP contribution in [0.1, 0.15) is 11.4 Å². The third kappa shape index (κ3) is 3.05. The lowest BCUT2D eigenvalue weighted by atomic mass is 9.85. The number of pyridine rings is 1. The third-order valence-corrected chi connectivity index (χ3v) is 6.44. The van der Waals surface area contributed by atoms with Crippen LogP contribution in [0.4, 0.5) is 0 Å². The highest BCUT2D eigenvalue weighted by atomic mass is 15.3. The van der Waals surface area contributed by atoms with Crippen LogP contribution in [0.5, 0.6) is 0 Å². The molecular formula is C30H23N3. The fraction of sp³-hybridized carbons (Fsp3) is 0.0667. The molecule has 0 aliphatic carbocycles. The Kier molecular flexibility index (Phi) is 4.55. The molecule has 0 aliphatic rings. The number of para-hydroxylation sites is 1. The Morgan fingerprint density at radius 3 is 1.64 bits per heavy atom. The highest BCUT2D eigenvalue weighted by molar-refractivity contribution is 6.21. The van der Waals surface area contributed by atoms with E-state index >= 15 is 0 Å². The maximum atomic E-state index is 4.96. The van der Waals surface area contributed by atoms with Gasteiger partial charge >= 0.3 is 0 Å². The molecule has 158 valence electrons. The zero-order chi connectivity index (χ0) is 22.4. The second kappa shape index (κ2) is 7.72. The molecule has 0 unspecified atom stereocenters. The van der Waals surface area contributed by atoms with E-state index in [4.69, 9.17) is 5.10 Å². The normalized spacial score (nSPS) is 11.3. The van der Waals surface area contributed by atoms with E-state index in [1.807, 2.05) is 18.5 Å². The van der Waals surface area contributed by atoms with Crippen LogP contribution in [0.2, 0.25) is 0 Å². The van der Waals surface area contributed by atoms with Gasteiger partial charge in [0.05, 0.1) is 11.4 Å². The van der Waals surface area contributed by atoms with Gasteiger partial charge in [-0.1, -0.05) is 66.7 Å². The molecule has 3 heteroatoms. The second-order valence-electron chi connectivity index (χ2n) is 8.37. The number of nitrogens with zero attached hydrogens (tertiary/aromatic N) is 3. The Morgan fingerprint density at radius 1 is 0.545 bits per heavy atom. The van der Waals surface area contributed by atoms with Crippen molar-refractivity contribution in [3.8, 4) is 27.9 Å². The molecule has 0 bridgehead atoms. The molecule has 6 aromatic rings. The summed E-state index contributed by atoms with van der Waals surface area (Å²) in [6.07, 6.45) is 3.73. The van der Waals surface area contributed by atoms with Gasteiger partial charge in [0, 0.05) is 29.2 Å². The summed E-state index contributed by atoms with van der Waals surface area (Å²) >= 11 is 0. The van der Waals surface area contributed by atoms with Crippen LogP contribution in [0.3, 0.4) is 0 Å². The van der Waals surface area contributed by atoms with Crippen LogP contribution in [0, 0.1) is 13.8 Å². The van der Waals surface area contributed by atoms with Crippen molar-refractivity contribution in [1.29, 1.82) is 0 Å². The van der Waals surface area contributed by atoms with E-state index < -0.39 is 0 Å². The number of hydrogen-bond donors (Lipinski definition) is 0. The maximum absolute atomic E-state index is 4.96. The molecule has 2 heterocycles. The van der Waals surface area contributed by atoms with Crippen LogP contribution in [0.25, 0.3) is 49.5 Å². The zero-order valence-electron chi connectivity index (χ0n) is 18.7. The SMILES string of the molecule is Cc1nn(-c2ccccc2)c(C)c1-c1c2ccccc2c(-c2ccncc2)c2ccccc12. The minimum absolute atomic E-state index is 1.03. The summed E-state index contributed by atoms with van der Waals surface area (Å²) in [5.41, 5.74) is 8.12. The molecule has 33 heavy (non-hydrogen) atoms. The second-order valence-corrected chi connectivity index (χ2v) is 8.37. The molecule has 0 saturated heterocycles. The zero-order valence-corrected chi connectivity index (χ0v) is 18.7. The van der Waals surface area contributed by atoms with Gasteiger partial charge in [-0.25, -0.2) is 4.68 Å². The van der Waals surface area contributed by atoms with Crippen LogP contribution in [-0.2, 0) is 0 Å². The first-order valence-electron chi connectivity index (χ1n) is 11.2. The molecule has 0 saturated carbocycles. The Hall–Kier alpha value is -4.24. The van der Waals surface area contributed by atoms with Crippen molar-refractivity contribution in [3.63, 3.8) is 0 Å². The average molecular weight is 426 g/mol. The van der Waals surface area contributed by atoms with Crippen LogP contribution in [0.15, 0.2) is 103 Å². The van der Waals surface area contributed by atoms with E-state index in [1.165, 1.54) is 43.8 Å².